The van der Waals surface area contributed by atoms with Gasteiger partial charge in [-0.3, -0.25) is 0 Å². The van der Waals surface area contributed by atoms with Gasteiger partial charge in [-0.25, -0.2) is 0 Å². The summed E-state index contributed by atoms with van der Waals surface area (Å²) < 4.78 is 6.02. The predicted molar refractivity (Wildman–Crippen MR) is 101 cm³/mol. The van der Waals surface area contributed by atoms with E-state index in [1.165, 1.54) is 0 Å². The first kappa shape index (κ1) is 18.9. The van der Waals surface area contributed by atoms with E-state index < -0.39 is 0 Å². The lowest BCUT2D eigenvalue weighted by molar-refractivity contribution is -0.00293. The van der Waals surface area contributed by atoms with E-state index >= 15 is 0 Å². The fourth-order valence-electron chi connectivity index (χ4n) is 2.61. The molecule has 2 unspecified atom stereocenters. The van der Waals surface area contributed by atoms with E-state index in [9.17, 15) is 0 Å². The zero-order chi connectivity index (χ0) is 18.1. The van der Waals surface area contributed by atoms with Crippen molar-refractivity contribution in [2.75, 3.05) is 0 Å². The van der Waals surface area contributed by atoms with Gasteiger partial charge in [0.15, 0.2) is 0 Å². The highest BCUT2D eigenvalue weighted by Gasteiger charge is 2.29. The molecule has 0 heterocycles. The molecular weight excluding hydrogens is 344 g/mol. The molecule has 0 spiro atoms. The molecule has 0 aliphatic heterocycles. The van der Waals surface area contributed by atoms with Gasteiger partial charge in [0, 0.05) is 34.4 Å². The van der Waals surface area contributed by atoms with Crippen LogP contribution >= 0.6 is 0 Å². The van der Waals surface area contributed by atoms with Crippen molar-refractivity contribution in [1.29, 1.82) is 0 Å². The maximum Gasteiger partial charge on any atom is 0.318 e. The van der Waals surface area contributed by atoms with Crippen LogP contribution in [0.25, 0.3) is 11.1 Å². The minimum Gasteiger partial charge on any atom is -0.456 e. The van der Waals surface area contributed by atoms with Crippen molar-refractivity contribution in [3.8, 4) is 0 Å². The first-order chi connectivity index (χ1) is 12.2. The van der Waals surface area contributed by atoms with Crippen LogP contribution in [0.15, 0.2) is 72.9 Å². The summed E-state index contributed by atoms with van der Waals surface area (Å²) in [7, 11) is 0.431. The van der Waals surface area contributed by atoms with Gasteiger partial charge in [0.1, 0.15) is 0 Å². The minimum absolute atomic E-state index is 0.108. The average Bonchev–Trinajstić information content (AvgIpc) is 3.28. The molecule has 0 bridgehead atoms. The fraction of sp³-hybridized carbons (Fsp3) is 0.222. The van der Waals surface area contributed by atoms with Gasteiger partial charge in [0.05, 0.1) is 0 Å². The van der Waals surface area contributed by atoms with E-state index in [2.05, 4.69) is 22.7 Å². The Bertz CT molecular complexity index is 702. The fourth-order valence-corrected chi connectivity index (χ4v) is 5.29. The Hall–Kier alpha value is -2.41. The van der Waals surface area contributed by atoms with Crippen LogP contribution in [0.2, 0.25) is 11.1 Å². The molecule has 25 heavy (non-hydrogen) atoms. The molecule has 0 amide bonds. The van der Waals surface area contributed by atoms with Crippen molar-refractivity contribution in [2.45, 2.75) is 23.9 Å². The monoisotopic (exact) mass is 362 g/mol. The Morgan fingerprint density at radius 1 is 0.920 bits per heavy atom. The predicted octanol–water partition coefficient (Wildman–Crippen LogP) is 3.30. The third-order valence-electron chi connectivity index (χ3n) is 3.82. The molecule has 0 N–H and O–H groups in total. The molecule has 2 atom stereocenters. The molecule has 5 nitrogen and oxygen atoms in total. The molecule has 4 radical (unpaired) electrons. The summed E-state index contributed by atoms with van der Waals surface area (Å²) in [6.07, 6.45) is 16.4. The Morgan fingerprint density at radius 2 is 1.36 bits per heavy atom. The van der Waals surface area contributed by atoms with Gasteiger partial charge < -0.3 is 15.2 Å². The summed E-state index contributed by atoms with van der Waals surface area (Å²) in [6, 6.07) is 0. The number of nitrogens with zero attached hydrogens (tertiary/aromatic N) is 4. The van der Waals surface area contributed by atoms with Crippen molar-refractivity contribution < 1.29 is 13.7 Å². The summed E-state index contributed by atoms with van der Waals surface area (Å²) in [5.74, 6) is 0. The Morgan fingerprint density at radius 3 is 1.72 bits per heavy atom. The summed E-state index contributed by atoms with van der Waals surface area (Å²) in [6.45, 7) is 7.61. The second-order valence-electron chi connectivity index (χ2n) is 5.42. The topological polar surface area (TPSA) is 82.0 Å². The average molecular weight is 363 g/mol. The lowest BCUT2D eigenvalue weighted by atomic mass is 10.1. The van der Waals surface area contributed by atoms with Crippen LogP contribution in [-0.4, -0.2) is 40.5 Å². The van der Waals surface area contributed by atoms with Gasteiger partial charge in [-0.2, -0.15) is 9.58 Å². The van der Waals surface area contributed by atoms with Crippen molar-refractivity contribution in [1.82, 2.24) is 0 Å². The maximum absolute atomic E-state index is 9.11. The molecule has 0 saturated carbocycles. The maximum atomic E-state index is 9.11. The van der Waals surface area contributed by atoms with Gasteiger partial charge in [-0.15, -0.1) is 13.2 Å². The molecule has 2 aliphatic rings. The van der Waals surface area contributed by atoms with Crippen LogP contribution in [0.3, 0.4) is 0 Å². The highest BCUT2D eigenvalue weighted by Crippen LogP contribution is 2.29. The van der Waals surface area contributed by atoms with E-state index in [-0.39, 0.29) is 30.6 Å². The minimum atomic E-state index is 0.108. The van der Waals surface area contributed by atoms with Gasteiger partial charge >= 0.3 is 11.4 Å². The first-order valence-electron chi connectivity index (χ1n) is 7.85. The van der Waals surface area contributed by atoms with Crippen LogP contribution in [0.5, 0.6) is 0 Å². The summed E-state index contributed by atoms with van der Waals surface area (Å²) in [5, 5.41) is 0. The van der Waals surface area contributed by atoms with Crippen LogP contribution in [0.1, 0.15) is 12.8 Å². The molecule has 0 fully saturated rings. The molecule has 0 saturated heterocycles. The van der Waals surface area contributed by atoms with Crippen molar-refractivity contribution in [2.24, 2.45) is 0 Å². The van der Waals surface area contributed by atoms with Gasteiger partial charge in [0.2, 0.25) is 19.5 Å². The Kier molecular flexibility index (Phi) is 7.41. The van der Waals surface area contributed by atoms with E-state index in [1.54, 1.807) is 12.2 Å². The molecule has 2 aliphatic carbocycles. The lowest BCUT2D eigenvalue weighted by Gasteiger charge is -2.16. The van der Waals surface area contributed by atoms with Crippen LogP contribution in [-0.2, 0) is 4.12 Å². The molecule has 2 rings (SSSR count). The van der Waals surface area contributed by atoms with Crippen molar-refractivity contribution in [3.05, 3.63) is 84.0 Å². The molecule has 0 aromatic rings. The zero-order valence-corrected chi connectivity index (χ0v) is 15.8. The number of hydrogen-bond donors (Lipinski definition) is 0. The third kappa shape index (κ3) is 4.79. The van der Waals surface area contributed by atoms with Gasteiger partial charge in [0.25, 0.3) is 0 Å². The second-order valence-corrected chi connectivity index (χ2v) is 8.11. The van der Waals surface area contributed by atoms with Crippen molar-refractivity contribution >= 4 is 30.9 Å². The molecular formula is C18H18N4OSi2. The SMILES string of the molecule is C=CCC([Si]O[Si]C(CC=C)C1=CC=CC1=[N+]=[N-])C1=CC=CC1=[N+]=[N-]. The second kappa shape index (κ2) is 9.78. The van der Waals surface area contributed by atoms with Gasteiger partial charge in [-0.1, -0.05) is 36.5 Å². The molecule has 124 valence electrons. The van der Waals surface area contributed by atoms with E-state index in [4.69, 9.17) is 15.2 Å². The lowest BCUT2D eigenvalue weighted by Crippen LogP contribution is -2.20. The number of hydrogen-bond acceptors (Lipinski definition) is 1. The molecule has 7 heteroatoms. The van der Waals surface area contributed by atoms with E-state index in [0.717, 1.165) is 24.0 Å². The van der Waals surface area contributed by atoms with E-state index in [1.807, 2.05) is 36.5 Å². The first-order valence-corrected chi connectivity index (χ1v) is 9.82. The quantitative estimate of drug-likeness (QED) is 0.254. The Balaban J connectivity index is 2.00. The largest absolute Gasteiger partial charge is 0.456 e. The standard InChI is InChI=1S/C18H18N4OSi2/c1-3-7-17(13-9-5-11-15(13)21-19)24-23-25-18(8-4-2)14-10-6-12-16(14)22-20/h3-6,9-12,17-18H,1-2,7-8H2. The highest BCUT2D eigenvalue weighted by molar-refractivity contribution is 6.47. The van der Waals surface area contributed by atoms with Crippen LogP contribution < -0.4 is 0 Å². The summed E-state index contributed by atoms with van der Waals surface area (Å²) in [5.41, 5.74) is 21.5. The summed E-state index contributed by atoms with van der Waals surface area (Å²) in [4.78, 5) is 6.67. The normalized spacial score (nSPS) is 17.6. The smallest absolute Gasteiger partial charge is 0.318 e. The highest BCUT2D eigenvalue weighted by atomic mass is 28.3. The number of rotatable bonds is 10. The number of allylic oxidation sites excluding steroid dienone is 10. The summed E-state index contributed by atoms with van der Waals surface area (Å²) >= 11 is 0. The zero-order valence-electron chi connectivity index (χ0n) is 13.8. The third-order valence-corrected chi connectivity index (χ3v) is 6.43. The van der Waals surface area contributed by atoms with Gasteiger partial charge in [-0.05, 0) is 12.8 Å². The van der Waals surface area contributed by atoms with Crippen LogP contribution in [0, 0.1) is 0 Å². The van der Waals surface area contributed by atoms with Crippen molar-refractivity contribution in [3.63, 3.8) is 0 Å². The van der Waals surface area contributed by atoms with Crippen LogP contribution in [0.4, 0.5) is 0 Å². The van der Waals surface area contributed by atoms with E-state index in [0.29, 0.717) is 11.4 Å². The Labute approximate surface area is 152 Å². The molecule has 0 aromatic carbocycles. The molecule has 0 aromatic heterocycles.